The van der Waals surface area contributed by atoms with Crippen LogP contribution in [0.4, 0.5) is 5.00 Å². The van der Waals surface area contributed by atoms with Crippen LogP contribution in [-0.4, -0.2) is 40.7 Å². The molecule has 150 valence electrons. The van der Waals surface area contributed by atoms with Gasteiger partial charge in [-0.2, -0.15) is 0 Å². The molecule has 0 aromatic carbocycles. The van der Waals surface area contributed by atoms with Crippen molar-refractivity contribution in [3.63, 3.8) is 0 Å². The van der Waals surface area contributed by atoms with Crippen LogP contribution < -0.4 is 10.6 Å². The van der Waals surface area contributed by atoms with Gasteiger partial charge in [-0.3, -0.25) is 9.59 Å². The molecule has 9 heteroatoms. The van der Waals surface area contributed by atoms with Crippen LogP contribution in [0.1, 0.15) is 68.8 Å². The van der Waals surface area contributed by atoms with Crippen molar-refractivity contribution in [1.29, 1.82) is 0 Å². The number of hydrogen-bond acceptors (Lipinski definition) is 7. The van der Waals surface area contributed by atoms with Crippen molar-refractivity contribution < 1.29 is 14.3 Å². The molecule has 1 aliphatic heterocycles. The Balaban J connectivity index is 1.56. The minimum absolute atomic E-state index is 0.0897. The van der Waals surface area contributed by atoms with E-state index in [4.69, 9.17) is 4.74 Å². The van der Waals surface area contributed by atoms with Gasteiger partial charge in [0.1, 0.15) is 9.88 Å². The summed E-state index contributed by atoms with van der Waals surface area (Å²) in [5.74, 6) is -0.359. The quantitative estimate of drug-likeness (QED) is 0.749. The molecule has 0 radical (unpaired) electrons. The normalized spacial score (nSPS) is 18.7. The Hall–Kier alpha value is -1.84. The highest BCUT2D eigenvalue weighted by Crippen LogP contribution is 2.38. The Morgan fingerprint density at radius 2 is 2.07 bits per heavy atom. The number of fused-ring (bicyclic) bond motifs is 1. The number of aryl methyl sites for hydroxylation is 2. The zero-order valence-corrected chi connectivity index (χ0v) is 17.5. The molecule has 28 heavy (non-hydrogen) atoms. The van der Waals surface area contributed by atoms with E-state index in [0.717, 1.165) is 62.2 Å². The molecule has 2 amide bonds. The van der Waals surface area contributed by atoms with Crippen LogP contribution in [0.3, 0.4) is 0 Å². The number of hydrogen-bond donors (Lipinski definition) is 2. The monoisotopic (exact) mass is 420 g/mol. The predicted molar refractivity (Wildman–Crippen MR) is 110 cm³/mol. The third-order valence-electron chi connectivity index (χ3n) is 5.24. The first-order chi connectivity index (χ1) is 13.7. The number of amides is 2. The lowest BCUT2D eigenvalue weighted by atomic mass is 9.95. The predicted octanol–water partition coefficient (Wildman–Crippen LogP) is 3.20. The summed E-state index contributed by atoms with van der Waals surface area (Å²) in [4.78, 5) is 27.5. The number of rotatable bonds is 6. The lowest BCUT2D eigenvalue weighted by Crippen LogP contribution is -2.32. The molecular formula is C19H24N4O3S2. The summed E-state index contributed by atoms with van der Waals surface area (Å²) in [5, 5.41) is 10.6. The van der Waals surface area contributed by atoms with Crippen LogP contribution in [0.25, 0.3) is 0 Å². The van der Waals surface area contributed by atoms with E-state index in [1.165, 1.54) is 16.2 Å². The highest BCUT2D eigenvalue weighted by Gasteiger charge is 2.28. The fraction of sp³-hybridized carbons (Fsp3) is 0.579. The fourth-order valence-electron chi connectivity index (χ4n) is 3.77. The number of thiophene rings is 1. The van der Waals surface area contributed by atoms with Gasteiger partial charge in [-0.25, -0.2) is 0 Å². The van der Waals surface area contributed by atoms with Gasteiger partial charge < -0.3 is 15.4 Å². The maximum atomic E-state index is 13.0. The lowest BCUT2D eigenvalue weighted by molar-refractivity contribution is 0.0858. The molecule has 1 fully saturated rings. The third kappa shape index (κ3) is 3.97. The number of ether oxygens (including phenoxy) is 1. The van der Waals surface area contributed by atoms with Gasteiger partial charge in [-0.05, 0) is 62.0 Å². The summed E-state index contributed by atoms with van der Waals surface area (Å²) < 4.78 is 9.50. The van der Waals surface area contributed by atoms with E-state index < -0.39 is 0 Å². The summed E-state index contributed by atoms with van der Waals surface area (Å²) in [6.07, 6.45) is 6.79. The number of aromatic nitrogens is 2. The van der Waals surface area contributed by atoms with Gasteiger partial charge in [0.2, 0.25) is 0 Å². The molecule has 0 bridgehead atoms. The van der Waals surface area contributed by atoms with Gasteiger partial charge in [0, 0.05) is 18.0 Å². The van der Waals surface area contributed by atoms with E-state index in [1.807, 2.05) is 6.92 Å². The van der Waals surface area contributed by atoms with Gasteiger partial charge in [0.15, 0.2) is 0 Å². The SMILES string of the molecule is CCc1nnsc1C(=O)Nc1sc2c(c1C(=O)NC[C@@H]1CCCO1)CCCC2. The molecule has 1 atom stereocenters. The molecule has 7 nitrogen and oxygen atoms in total. The molecule has 2 aromatic heterocycles. The summed E-state index contributed by atoms with van der Waals surface area (Å²) >= 11 is 2.62. The van der Waals surface area contributed by atoms with Gasteiger partial charge in [0.05, 0.1) is 17.4 Å². The third-order valence-corrected chi connectivity index (χ3v) is 7.21. The van der Waals surface area contributed by atoms with E-state index >= 15 is 0 Å². The second-order valence-corrected chi connectivity index (χ2v) is 8.98. The molecule has 0 unspecified atom stereocenters. The van der Waals surface area contributed by atoms with Crippen LogP contribution in [-0.2, 0) is 24.0 Å². The highest BCUT2D eigenvalue weighted by molar-refractivity contribution is 7.17. The van der Waals surface area contributed by atoms with Crippen molar-refractivity contribution in [3.05, 3.63) is 26.6 Å². The molecule has 0 saturated carbocycles. The van der Waals surface area contributed by atoms with Crippen LogP contribution >= 0.6 is 22.9 Å². The first kappa shape index (κ1) is 19.5. The molecular weight excluding hydrogens is 396 g/mol. The summed E-state index contributed by atoms with van der Waals surface area (Å²) in [6, 6.07) is 0. The molecule has 4 rings (SSSR count). The number of carbonyl (C=O) groups excluding carboxylic acids is 2. The summed E-state index contributed by atoms with van der Waals surface area (Å²) in [5.41, 5.74) is 2.41. The minimum Gasteiger partial charge on any atom is -0.376 e. The van der Waals surface area contributed by atoms with E-state index in [2.05, 4.69) is 20.2 Å². The zero-order valence-electron chi connectivity index (χ0n) is 15.9. The molecule has 2 aliphatic rings. The smallest absolute Gasteiger partial charge is 0.269 e. The largest absolute Gasteiger partial charge is 0.376 e. The summed E-state index contributed by atoms with van der Waals surface area (Å²) in [7, 11) is 0. The number of nitrogens with zero attached hydrogens (tertiary/aromatic N) is 2. The lowest BCUT2D eigenvalue weighted by Gasteiger charge is -2.15. The van der Waals surface area contributed by atoms with E-state index in [1.54, 1.807) is 0 Å². The molecule has 2 aromatic rings. The van der Waals surface area contributed by atoms with Gasteiger partial charge in [-0.1, -0.05) is 11.4 Å². The number of nitrogens with one attached hydrogen (secondary N) is 2. The Labute approximate surface area is 172 Å². The van der Waals surface area contributed by atoms with Gasteiger partial charge in [0.25, 0.3) is 11.8 Å². The van der Waals surface area contributed by atoms with Crippen LogP contribution in [0.15, 0.2) is 0 Å². The second kappa shape index (κ2) is 8.67. The van der Waals surface area contributed by atoms with Gasteiger partial charge >= 0.3 is 0 Å². The van der Waals surface area contributed by atoms with Crippen molar-refractivity contribution >= 4 is 39.7 Å². The van der Waals surface area contributed by atoms with Crippen LogP contribution in [0, 0.1) is 0 Å². The van der Waals surface area contributed by atoms with E-state index in [-0.39, 0.29) is 17.9 Å². The van der Waals surface area contributed by atoms with Crippen molar-refractivity contribution in [3.8, 4) is 0 Å². The molecule has 0 spiro atoms. The zero-order chi connectivity index (χ0) is 19.5. The van der Waals surface area contributed by atoms with Crippen LogP contribution in [0.5, 0.6) is 0 Å². The first-order valence-corrected chi connectivity index (χ1v) is 11.4. The van der Waals surface area contributed by atoms with Crippen molar-refractivity contribution in [2.45, 2.75) is 58.0 Å². The summed E-state index contributed by atoms with van der Waals surface area (Å²) in [6.45, 7) is 3.22. The fourth-order valence-corrected chi connectivity index (χ4v) is 5.69. The van der Waals surface area contributed by atoms with E-state index in [9.17, 15) is 9.59 Å². The van der Waals surface area contributed by atoms with Crippen LogP contribution in [0.2, 0.25) is 0 Å². The van der Waals surface area contributed by atoms with E-state index in [0.29, 0.717) is 34.1 Å². The topological polar surface area (TPSA) is 93.2 Å². The maximum Gasteiger partial charge on any atom is 0.269 e. The number of carbonyl (C=O) groups is 2. The second-order valence-electron chi connectivity index (χ2n) is 7.12. The molecule has 3 heterocycles. The Morgan fingerprint density at radius 1 is 1.21 bits per heavy atom. The Bertz CT molecular complexity index is 871. The standard InChI is InChI=1S/C19H24N4O3S2/c1-2-13-16(28-23-22-13)18(25)21-19-15(12-7-3-4-8-14(12)27-19)17(24)20-10-11-6-5-9-26-11/h11H,2-10H2,1H3,(H,20,24)(H,21,25)/t11-/m0/s1. The minimum atomic E-state index is -0.237. The number of anilines is 1. The molecule has 2 N–H and O–H groups in total. The molecule has 1 saturated heterocycles. The average molecular weight is 421 g/mol. The first-order valence-electron chi connectivity index (χ1n) is 9.84. The maximum absolute atomic E-state index is 13.0. The Morgan fingerprint density at radius 3 is 2.86 bits per heavy atom. The van der Waals surface area contributed by atoms with Crippen molar-refractivity contribution in [1.82, 2.24) is 14.9 Å². The average Bonchev–Trinajstić information content (AvgIpc) is 3.44. The van der Waals surface area contributed by atoms with Crippen molar-refractivity contribution in [2.75, 3.05) is 18.5 Å². The highest BCUT2D eigenvalue weighted by atomic mass is 32.1. The van der Waals surface area contributed by atoms with Crippen molar-refractivity contribution in [2.24, 2.45) is 0 Å². The Kier molecular flexibility index (Phi) is 6.03. The molecule has 1 aliphatic carbocycles. The van der Waals surface area contributed by atoms with Gasteiger partial charge in [-0.15, -0.1) is 16.4 Å².